The molecule has 0 atom stereocenters. The predicted octanol–water partition coefficient (Wildman–Crippen LogP) is 1.08. The minimum Gasteiger partial charge on any atom is -0.265 e. The first kappa shape index (κ1) is 7.51. The molecule has 0 fully saturated rings. The van der Waals surface area contributed by atoms with Crippen LogP contribution in [0, 0.1) is 41.3 Å². The van der Waals surface area contributed by atoms with Gasteiger partial charge in [-0.15, -0.1) is 0 Å². The Bertz CT molecular complexity index is 80.0. The zero-order valence-electron chi connectivity index (χ0n) is 3.91. The third-order valence-electron chi connectivity index (χ3n) is 0.566. The van der Waals surface area contributed by atoms with Crippen molar-refractivity contribution in [2.24, 2.45) is 0 Å². The first-order valence-corrected chi connectivity index (χ1v) is 1.85. The minimum atomic E-state index is 0. The first-order chi connectivity index (χ1) is 3.00. The number of hydrogen-bond acceptors (Lipinski definition) is 1. The van der Waals surface area contributed by atoms with Gasteiger partial charge < -0.3 is 0 Å². The molecule has 0 spiro atoms. The molecular weight excluding hydrogens is 215 g/mol. The number of rotatable bonds is 0. The number of hydrogen-bond donors (Lipinski definition) is 0. The minimum absolute atomic E-state index is 0. The maximum Gasteiger partial charge on any atom is 0.0267 e. The summed E-state index contributed by atoms with van der Waals surface area (Å²) in [6.45, 7) is 0. The number of aromatic nitrogens is 1. The van der Waals surface area contributed by atoms with Crippen LogP contribution in [-0.2, 0) is 0 Å². The second-order valence-corrected chi connectivity index (χ2v) is 1.02. The van der Waals surface area contributed by atoms with Crippen molar-refractivity contribution in [1.82, 2.24) is 4.98 Å². The van der Waals surface area contributed by atoms with Gasteiger partial charge in [-0.05, 0) is 12.1 Å². The molecule has 0 aliphatic rings. The van der Waals surface area contributed by atoms with E-state index in [1.165, 1.54) is 0 Å². The van der Waals surface area contributed by atoms with Gasteiger partial charge >= 0.3 is 0 Å². The molecule has 0 N–H and O–H groups in total. The van der Waals surface area contributed by atoms with Gasteiger partial charge in [0.15, 0.2) is 0 Å². The molecule has 0 saturated heterocycles. The zero-order chi connectivity index (χ0) is 4.24. The summed E-state index contributed by atoms with van der Waals surface area (Å²) in [5.74, 6) is 0. The molecule has 7 heavy (non-hydrogen) atoms. The van der Waals surface area contributed by atoms with Crippen molar-refractivity contribution in [2.75, 3.05) is 0 Å². The van der Waals surface area contributed by atoms with E-state index in [4.69, 9.17) is 0 Å². The molecular formula is C5H5NPr. The van der Waals surface area contributed by atoms with Gasteiger partial charge in [0.25, 0.3) is 0 Å². The standard InChI is InChI=1S/C5H5N.Pr/c1-2-4-6-5-3-1;/h1-5H;. The second kappa shape index (κ2) is 4.67. The molecule has 0 aliphatic heterocycles. The van der Waals surface area contributed by atoms with E-state index >= 15 is 0 Å². The van der Waals surface area contributed by atoms with Gasteiger partial charge in [0, 0.05) is 53.7 Å². The van der Waals surface area contributed by atoms with Gasteiger partial charge in [-0.25, -0.2) is 0 Å². The van der Waals surface area contributed by atoms with Gasteiger partial charge in [-0.1, -0.05) is 6.07 Å². The molecule has 1 aromatic rings. The number of nitrogens with zero attached hydrogens (tertiary/aromatic N) is 1. The van der Waals surface area contributed by atoms with Crippen LogP contribution in [0.1, 0.15) is 0 Å². The third kappa shape index (κ3) is 3.13. The van der Waals surface area contributed by atoms with Crippen LogP contribution in [0.4, 0.5) is 0 Å². The first-order valence-electron chi connectivity index (χ1n) is 1.85. The molecule has 1 nitrogen and oxygen atoms in total. The van der Waals surface area contributed by atoms with Gasteiger partial charge in [0.1, 0.15) is 0 Å². The molecule has 33 valence electrons. The number of pyridine rings is 1. The predicted molar refractivity (Wildman–Crippen MR) is 24.2 cm³/mol. The quantitative estimate of drug-likeness (QED) is 0.637. The Morgan fingerprint density at radius 3 is 1.57 bits per heavy atom. The van der Waals surface area contributed by atoms with Crippen molar-refractivity contribution < 1.29 is 41.3 Å². The molecule has 1 radical (unpaired) electrons. The fourth-order valence-electron chi connectivity index (χ4n) is 0.313. The van der Waals surface area contributed by atoms with E-state index in [1.54, 1.807) is 12.4 Å². The summed E-state index contributed by atoms with van der Waals surface area (Å²) < 4.78 is 0. The van der Waals surface area contributed by atoms with Crippen LogP contribution < -0.4 is 0 Å². The monoisotopic (exact) mass is 220 g/mol. The Morgan fingerprint density at radius 2 is 1.43 bits per heavy atom. The average Bonchev–Trinajstić information content (AvgIpc) is 1.72. The van der Waals surface area contributed by atoms with Crippen molar-refractivity contribution >= 4 is 0 Å². The Balaban J connectivity index is 0.000000360. The largest absolute Gasteiger partial charge is 0.265 e. The van der Waals surface area contributed by atoms with E-state index in [0.717, 1.165) is 0 Å². The summed E-state index contributed by atoms with van der Waals surface area (Å²) in [7, 11) is 0. The van der Waals surface area contributed by atoms with Gasteiger partial charge in [0.05, 0.1) is 0 Å². The van der Waals surface area contributed by atoms with Crippen LogP contribution in [0.2, 0.25) is 0 Å². The molecule has 0 unspecified atom stereocenters. The fourth-order valence-corrected chi connectivity index (χ4v) is 0.313. The van der Waals surface area contributed by atoms with Crippen LogP contribution >= 0.6 is 0 Å². The van der Waals surface area contributed by atoms with Crippen molar-refractivity contribution in [1.29, 1.82) is 0 Å². The van der Waals surface area contributed by atoms with Crippen molar-refractivity contribution in [3.05, 3.63) is 30.6 Å². The maximum absolute atomic E-state index is 3.78. The molecule has 0 bridgehead atoms. The van der Waals surface area contributed by atoms with Crippen molar-refractivity contribution in [2.45, 2.75) is 0 Å². The topological polar surface area (TPSA) is 12.9 Å². The van der Waals surface area contributed by atoms with Crippen LogP contribution in [-0.4, -0.2) is 4.98 Å². The zero-order valence-corrected chi connectivity index (χ0v) is 7.62. The normalized spacial score (nSPS) is 6.86. The Kier molecular flexibility index (Phi) is 5.01. The van der Waals surface area contributed by atoms with Crippen LogP contribution in [0.25, 0.3) is 0 Å². The Hall–Kier alpha value is 0.514. The average molecular weight is 220 g/mol. The molecule has 0 amide bonds. The van der Waals surface area contributed by atoms with E-state index in [-0.39, 0.29) is 41.3 Å². The molecule has 1 aromatic heterocycles. The van der Waals surface area contributed by atoms with Crippen LogP contribution in [0.5, 0.6) is 0 Å². The Labute approximate surface area is 76.1 Å². The van der Waals surface area contributed by atoms with E-state index in [9.17, 15) is 0 Å². The van der Waals surface area contributed by atoms with Crippen LogP contribution in [0.3, 0.4) is 0 Å². The van der Waals surface area contributed by atoms with Gasteiger partial charge in [0.2, 0.25) is 0 Å². The summed E-state index contributed by atoms with van der Waals surface area (Å²) in [5, 5.41) is 0. The summed E-state index contributed by atoms with van der Waals surface area (Å²) in [5.41, 5.74) is 0. The molecule has 1 heterocycles. The summed E-state index contributed by atoms with van der Waals surface area (Å²) in [6.07, 6.45) is 3.50. The third-order valence-corrected chi connectivity index (χ3v) is 0.566. The van der Waals surface area contributed by atoms with Crippen molar-refractivity contribution in [3.8, 4) is 0 Å². The van der Waals surface area contributed by atoms with Crippen LogP contribution in [0.15, 0.2) is 30.6 Å². The van der Waals surface area contributed by atoms with Crippen molar-refractivity contribution in [3.63, 3.8) is 0 Å². The molecule has 0 saturated carbocycles. The summed E-state index contributed by atoms with van der Waals surface area (Å²) in [4.78, 5) is 3.78. The molecule has 2 heteroatoms. The summed E-state index contributed by atoms with van der Waals surface area (Å²) in [6, 6.07) is 5.72. The smallest absolute Gasteiger partial charge is 0.0267 e. The molecule has 0 aliphatic carbocycles. The van der Waals surface area contributed by atoms with E-state index < -0.39 is 0 Å². The molecule has 1 rings (SSSR count). The van der Waals surface area contributed by atoms with Gasteiger partial charge in [-0.2, -0.15) is 0 Å². The van der Waals surface area contributed by atoms with Gasteiger partial charge in [-0.3, -0.25) is 4.98 Å². The van der Waals surface area contributed by atoms with E-state index in [2.05, 4.69) is 4.98 Å². The van der Waals surface area contributed by atoms with E-state index in [0.29, 0.717) is 0 Å². The fraction of sp³-hybridized carbons (Fsp3) is 0. The molecule has 0 aromatic carbocycles. The second-order valence-electron chi connectivity index (χ2n) is 1.02. The maximum atomic E-state index is 3.78. The summed E-state index contributed by atoms with van der Waals surface area (Å²) >= 11 is 0. The Morgan fingerprint density at radius 1 is 0.857 bits per heavy atom. The SMILES string of the molecule is [Pr].c1ccncc1. The van der Waals surface area contributed by atoms with E-state index in [1.807, 2.05) is 18.2 Å².